The van der Waals surface area contributed by atoms with E-state index in [0.29, 0.717) is 4.73 Å². The minimum atomic E-state index is -1.25. The van der Waals surface area contributed by atoms with Gasteiger partial charge in [-0.3, -0.25) is 0 Å². The zero-order chi connectivity index (χ0) is 13.0. The first kappa shape index (κ1) is 11.8. The van der Waals surface area contributed by atoms with Crippen LogP contribution in [0.4, 0.5) is 0 Å². The van der Waals surface area contributed by atoms with Crippen molar-refractivity contribution in [1.29, 1.82) is 0 Å². The van der Waals surface area contributed by atoms with Crippen molar-refractivity contribution in [2.24, 2.45) is 0 Å². The normalized spacial score (nSPS) is 10.0. The van der Waals surface area contributed by atoms with Crippen LogP contribution >= 0.6 is 0 Å². The maximum Gasteiger partial charge on any atom is 0.381 e. The lowest BCUT2D eigenvalue weighted by molar-refractivity contribution is 0.0524. The van der Waals surface area contributed by atoms with Crippen molar-refractivity contribution in [3.63, 3.8) is 0 Å². The molecule has 6 nitrogen and oxygen atoms in total. The van der Waals surface area contributed by atoms with Crippen molar-refractivity contribution in [2.75, 3.05) is 0 Å². The van der Waals surface area contributed by atoms with Crippen molar-refractivity contribution in [3.05, 3.63) is 64.3 Å². The molecule has 92 valence electrons. The van der Waals surface area contributed by atoms with Crippen molar-refractivity contribution >= 4 is 5.97 Å². The van der Waals surface area contributed by atoms with Crippen LogP contribution in [0.3, 0.4) is 0 Å². The molecule has 0 aliphatic heterocycles. The number of aromatic carboxylic acids is 1. The number of carboxylic acid groups (broad SMARTS) is 1. The van der Waals surface area contributed by atoms with Crippen molar-refractivity contribution in [1.82, 2.24) is 9.71 Å². The Bertz CT molecular complexity index is 607. The van der Waals surface area contributed by atoms with Gasteiger partial charge in [-0.15, -0.1) is 4.73 Å². The van der Waals surface area contributed by atoms with E-state index >= 15 is 0 Å². The Labute approximate surface area is 102 Å². The molecule has 0 unspecified atom stereocenters. The number of hydrogen-bond acceptors (Lipinski definition) is 4. The third-order valence-electron chi connectivity index (χ3n) is 2.23. The molecule has 0 amide bonds. The first-order valence-electron chi connectivity index (χ1n) is 5.17. The van der Waals surface area contributed by atoms with E-state index in [9.17, 15) is 9.59 Å². The molecule has 0 saturated heterocycles. The summed E-state index contributed by atoms with van der Waals surface area (Å²) in [5.74, 6) is -1.25. The smallest absolute Gasteiger partial charge is 0.381 e. The van der Waals surface area contributed by atoms with Gasteiger partial charge in [0.15, 0.2) is 5.69 Å². The maximum atomic E-state index is 11.4. The Morgan fingerprint density at radius 1 is 1.28 bits per heavy atom. The molecular weight excluding hydrogens is 236 g/mol. The summed E-state index contributed by atoms with van der Waals surface area (Å²) in [5.41, 5.74) is -0.193. The third-order valence-corrected chi connectivity index (χ3v) is 2.23. The van der Waals surface area contributed by atoms with Crippen LogP contribution in [-0.2, 0) is 6.61 Å². The van der Waals surface area contributed by atoms with E-state index in [1.54, 1.807) is 0 Å². The fourth-order valence-electron chi connectivity index (χ4n) is 1.39. The van der Waals surface area contributed by atoms with Gasteiger partial charge < -0.3 is 9.94 Å². The molecule has 1 N–H and O–H groups in total. The van der Waals surface area contributed by atoms with Crippen LogP contribution in [0.5, 0.6) is 0 Å². The Balaban J connectivity index is 2.24. The van der Waals surface area contributed by atoms with Gasteiger partial charge in [-0.2, -0.15) is 4.98 Å². The zero-order valence-electron chi connectivity index (χ0n) is 9.31. The number of hydrogen-bond donors (Lipinski definition) is 1. The lowest BCUT2D eigenvalue weighted by atomic mass is 10.2. The number of benzene rings is 1. The van der Waals surface area contributed by atoms with Crippen LogP contribution in [-0.4, -0.2) is 20.8 Å². The lowest BCUT2D eigenvalue weighted by Gasteiger charge is -2.09. The molecule has 18 heavy (non-hydrogen) atoms. The topological polar surface area (TPSA) is 81.4 Å². The molecule has 0 aliphatic rings. The Morgan fingerprint density at radius 2 is 2.00 bits per heavy atom. The highest BCUT2D eigenvalue weighted by atomic mass is 16.7. The van der Waals surface area contributed by atoms with E-state index in [4.69, 9.17) is 9.94 Å². The second-order valence-electron chi connectivity index (χ2n) is 3.47. The van der Waals surface area contributed by atoms with E-state index in [0.717, 1.165) is 11.8 Å². The van der Waals surface area contributed by atoms with Crippen LogP contribution in [0, 0.1) is 0 Å². The summed E-state index contributed by atoms with van der Waals surface area (Å²) in [5, 5.41) is 8.92. The minimum absolute atomic E-state index is 0.0900. The highest BCUT2D eigenvalue weighted by molar-refractivity contribution is 5.85. The average molecular weight is 246 g/mol. The van der Waals surface area contributed by atoms with Crippen LogP contribution in [0.25, 0.3) is 0 Å². The average Bonchev–Trinajstić information content (AvgIpc) is 2.38. The van der Waals surface area contributed by atoms with E-state index < -0.39 is 11.7 Å². The second kappa shape index (κ2) is 5.13. The molecule has 0 spiro atoms. The lowest BCUT2D eigenvalue weighted by Crippen LogP contribution is -2.32. The standard InChI is InChI=1S/C12H10N2O4/c15-11(16)10-6-7-13-12(17)14(10)18-8-9-4-2-1-3-5-9/h1-7H,8H2,(H,15,16). The van der Waals surface area contributed by atoms with Gasteiger partial charge in [-0.25, -0.2) is 9.59 Å². The summed E-state index contributed by atoms with van der Waals surface area (Å²) < 4.78 is 0.676. The van der Waals surface area contributed by atoms with Crippen LogP contribution < -0.4 is 10.5 Å². The second-order valence-corrected chi connectivity index (χ2v) is 3.47. The molecular formula is C12H10N2O4. The van der Waals surface area contributed by atoms with Gasteiger partial charge in [0.25, 0.3) is 0 Å². The number of carboxylic acids is 1. The Morgan fingerprint density at radius 3 is 2.67 bits per heavy atom. The fourth-order valence-corrected chi connectivity index (χ4v) is 1.39. The van der Waals surface area contributed by atoms with Crippen LogP contribution in [0.2, 0.25) is 0 Å². The van der Waals surface area contributed by atoms with Gasteiger partial charge in [0.05, 0.1) is 0 Å². The molecule has 6 heteroatoms. The van der Waals surface area contributed by atoms with Crippen molar-refractivity contribution in [2.45, 2.75) is 6.61 Å². The summed E-state index contributed by atoms with van der Waals surface area (Å²) in [7, 11) is 0. The summed E-state index contributed by atoms with van der Waals surface area (Å²) in [4.78, 5) is 31.0. The summed E-state index contributed by atoms with van der Waals surface area (Å²) in [6.07, 6.45) is 1.13. The Hall–Kier alpha value is -2.63. The highest BCUT2D eigenvalue weighted by Gasteiger charge is 2.12. The van der Waals surface area contributed by atoms with Gasteiger partial charge in [0.2, 0.25) is 0 Å². The molecule has 0 radical (unpaired) electrons. The van der Waals surface area contributed by atoms with Gasteiger partial charge >= 0.3 is 11.7 Å². The number of nitrogens with zero attached hydrogens (tertiary/aromatic N) is 2. The van der Waals surface area contributed by atoms with E-state index in [1.807, 2.05) is 30.3 Å². The van der Waals surface area contributed by atoms with Gasteiger partial charge in [-0.05, 0) is 11.6 Å². The molecule has 0 bridgehead atoms. The van der Waals surface area contributed by atoms with E-state index in [1.165, 1.54) is 6.07 Å². The molecule has 1 heterocycles. The van der Waals surface area contributed by atoms with Crippen molar-refractivity contribution < 1.29 is 14.7 Å². The molecule has 0 saturated carbocycles. The molecule has 0 fully saturated rings. The summed E-state index contributed by atoms with van der Waals surface area (Å²) in [6, 6.07) is 10.3. The molecule has 2 aromatic rings. The number of carbonyl (C=O) groups is 1. The molecule has 0 atom stereocenters. The van der Waals surface area contributed by atoms with E-state index in [-0.39, 0.29) is 12.3 Å². The van der Waals surface area contributed by atoms with Gasteiger partial charge in [0, 0.05) is 6.20 Å². The largest absolute Gasteiger partial charge is 0.476 e. The molecule has 0 aliphatic carbocycles. The van der Waals surface area contributed by atoms with Gasteiger partial charge in [-0.1, -0.05) is 30.3 Å². The zero-order valence-corrected chi connectivity index (χ0v) is 9.31. The summed E-state index contributed by atoms with van der Waals surface area (Å²) in [6.45, 7) is 0.0900. The molecule has 2 rings (SSSR count). The van der Waals surface area contributed by atoms with E-state index in [2.05, 4.69) is 4.98 Å². The quantitative estimate of drug-likeness (QED) is 0.852. The predicted molar refractivity (Wildman–Crippen MR) is 62.2 cm³/mol. The third kappa shape index (κ3) is 2.54. The number of rotatable bonds is 4. The fraction of sp³-hybridized carbons (Fsp3) is 0.0833. The van der Waals surface area contributed by atoms with Gasteiger partial charge in [0.1, 0.15) is 6.61 Å². The first-order valence-corrected chi connectivity index (χ1v) is 5.17. The monoisotopic (exact) mass is 246 g/mol. The van der Waals surface area contributed by atoms with Crippen molar-refractivity contribution in [3.8, 4) is 0 Å². The predicted octanol–water partition coefficient (Wildman–Crippen LogP) is 0.570. The highest BCUT2D eigenvalue weighted by Crippen LogP contribution is 2.00. The summed E-state index contributed by atoms with van der Waals surface area (Å²) >= 11 is 0. The first-order chi connectivity index (χ1) is 8.68. The van der Waals surface area contributed by atoms with Crippen LogP contribution in [0.15, 0.2) is 47.4 Å². The van der Waals surface area contributed by atoms with Crippen LogP contribution in [0.1, 0.15) is 16.1 Å². The molecule has 1 aromatic heterocycles. The maximum absolute atomic E-state index is 11.4. The minimum Gasteiger partial charge on any atom is -0.476 e. The molecule has 1 aromatic carbocycles. The number of aromatic nitrogens is 2. The SMILES string of the molecule is O=C(O)c1ccnc(=O)n1OCc1ccccc1. The Kier molecular flexibility index (Phi) is 3.38.